The van der Waals surface area contributed by atoms with Crippen LogP contribution in [0.1, 0.15) is 12.5 Å². The van der Waals surface area contributed by atoms with Crippen LogP contribution < -0.4 is 24.6 Å². The fourth-order valence-corrected chi connectivity index (χ4v) is 3.12. The maximum Gasteiger partial charge on any atom is 0.326 e. The summed E-state index contributed by atoms with van der Waals surface area (Å²) < 4.78 is 10.7. The SMILES string of the molecule is CCOc1ccc(NC(=O)N(Cc2ccc(N(C)C)cc2)c2ccc(OC)cc2)cc1. The van der Waals surface area contributed by atoms with Crippen LogP contribution >= 0.6 is 0 Å². The highest BCUT2D eigenvalue weighted by molar-refractivity contribution is 6.01. The van der Waals surface area contributed by atoms with E-state index >= 15 is 0 Å². The first-order valence-electron chi connectivity index (χ1n) is 10.2. The Morgan fingerprint density at radius 3 is 1.97 bits per heavy atom. The van der Waals surface area contributed by atoms with Crippen molar-refractivity contribution in [1.29, 1.82) is 0 Å². The van der Waals surface area contributed by atoms with Crippen LogP contribution in [0.25, 0.3) is 0 Å². The Bertz CT molecular complexity index is 968. The second kappa shape index (κ2) is 10.4. The van der Waals surface area contributed by atoms with Gasteiger partial charge in [0.25, 0.3) is 0 Å². The Balaban J connectivity index is 1.82. The summed E-state index contributed by atoms with van der Waals surface area (Å²) in [5.74, 6) is 1.51. The first-order chi connectivity index (χ1) is 15.0. The monoisotopic (exact) mass is 419 g/mol. The summed E-state index contributed by atoms with van der Waals surface area (Å²) in [5, 5.41) is 2.98. The van der Waals surface area contributed by atoms with E-state index in [-0.39, 0.29) is 6.03 Å². The Kier molecular flexibility index (Phi) is 7.38. The number of anilines is 3. The molecule has 0 spiro atoms. The van der Waals surface area contributed by atoms with Crippen LogP contribution in [0.4, 0.5) is 21.9 Å². The summed E-state index contributed by atoms with van der Waals surface area (Å²) in [6.07, 6.45) is 0. The van der Waals surface area contributed by atoms with E-state index in [0.29, 0.717) is 18.8 Å². The molecule has 3 aromatic carbocycles. The Labute approximate surface area is 184 Å². The third kappa shape index (κ3) is 5.92. The van der Waals surface area contributed by atoms with Crippen molar-refractivity contribution in [2.24, 2.45) is 0 Å². The van der Waals surface area contributed by atoms with E-state index in [1.807, 2.05) is 98.7 Å². The molecule has 0 aliphatic heterocycles. The second-order valence-corrected chi connectivity index (χ2v) is 7.23. The van der Waals surface area contributed by atoms with Gasteiger partial charge in [-0.3, -0.25) is 4.90 Å². The van der Waals surface area contributed by atoms with Crippen LogP contribution in [0.5, 0.6) is 11.5 Å². The number of nitrogens with one attached hydrogen (secondary N) is 1. The zero-order valence-corrected chi connectivity index (χ0v) is 18.5. The van der Waals surface area contributed by atoms with E-state index < -0.39 is 0 Å². The number of hydrogen-bond donors (Lipinski definition) is 1. The molecule has 162 valence electrons. The zero-order valence-electron chi connectivity index (χ0n) is 18.5. The van der Waals surface area contributed by atoms with Gasteiger partial charge in [-0.25, -0.2) is 4.79 Å². The molecule has 6 nitrogen and oxygen atoms in total. The molecule has 0 aliphatic carbocycles. The van der Waals surface area contributed by atoms with Crippen molar-refractivity contribution in [2.45, 2.75) is 13.5 Å². The zero-order chi connectivity index (χ0) is 22.2. The molecule has 0 aliphatic rings. The van der Waals surface area contributed by atoms with Gasteiger partial charge in [-0.15, -0.1) is 0 Å². The summed E-state index contributed by atoms with van der Waals surface area (Å²) in [5.41, 5.74) is 3.62. The molecule has 0 saturated carbocycles. The van der Waals surface area contributed by atoms with Crippen molar-refractivity contribution in [3.8, 4) is 11.5 Å². The average molecular weight is 420 g/mol. The van der Waals surface area contributed by atoms with Gasteiger partial charge < -0.3 is 19.7 Å². The number of methoxy groups -OCH3 is 1. The fraction of sp³-hybridized carbons (Fsp3) is 0.240. The minimum atomic E-state index is -0.217. The highest BCUT2D eigenvalue weighted by atomic mass is 16.5. The molecule has 1 N–H and O–H groups in total. The molecule has 0 bridgehead atoms. The van der Waals surface area contributed by atoms with Crippen LogP contribution in [0.15, 0.2) is 72.8 Å². The normalized spacial score (nSPS) is 10.3. The molecule has 0 heterocycles. The predicted octanol–water partition coefficient (Wildman–Crippen LogP) is 5.40. The standard InChI is InChI=1S/C25H29N3O3/c1-5-31-24-14-8-20(9-15-24)26-25(29)28(22-12-16-23(30-4)17-13-22)18-19-6-10-21(11-7-19)27(2)3/h6-17H,5,18H2,1-4H3,(H,26,29). The van der Waals surface area contributed by atoms with Crippen molar-refractivity contribution in [3.05, 3.63) is 78.4 Å². The van der Waals surface area contributed by atoms with Crippen molar-refractivity contribution in [3.63, 3.8) is 0 Å². The van der Waals surface area contributed by atoms with Gasteiger partial charge in [0.05, 0.1) is 20.3 Å². The van der Waals surface area contributed by atoms with E-state index in [2.05, 4.69) is 5.32 Å². The van der Waals surface area contributed by atoms with E-state index in [9.17, 15) is 4.79 Å². The lowest BCUT2D eigenvalue weighted by Gasteiger charge is -2.24. The molecule has 31 heavy (non-hydrogen) atoms. The maximum absolute atomic E-state index is 13.2. The van der Waals surface area contributed by atoms with Crippen LogP contribution in [0.3, 0.4) is 0 Å². The van der Waals surface area contributed by atoms with Gasteiger partial charge in [-0.05, 0) is 73.2 Å². The number of ether oxygens (including phenoxy) is 2. The number of benzene rings is 3. The second-order valence-electron chi connectivity index (χ2n) is 7.23. The first kappa shape index (κ1) is 22.0. The predicted molar refractivity (Wildman–Crippen MR) is 127 cm³/mol. The molecular formula is C25H29N3O3. The lowest BCUT2D eigenvalue weighted by molar-refractivity contribution is 0.256. The molecule has 0 unspecified atom stereocenters. The molecule has 0 radical (unpaired) electrons. The van der Waals surface area contributed by atoms with Crippen LogP contribution in [-0.4, -0.2) is 33.8 Å². The molecule has 6 heteroatoms. The van der Waals surface area contributed by atoms with E-state index in [4.69, 9.17) is 9.47 Å². The van der Waals surface area contributed by atoms with Gasteiger partial charge in [0.2, 0.25) is 0 Å². The topological polar surface area (TPSA) is 54.0 Å². The average Bonchev–Trinajstić information content (AvgIpc) is 2.79. The summed E-state index contributed by atoms with van der Waals surface area (Å²) in [7, 11) is 5.63. The van der Waals surface area contributed by atoms with Crippen molar-refractivity contribution < 1.29 is 14.3 Å². The van der Waals surface area contributed by atoms with E-state index in [0.717, 1.165) is 28.4 Å². The van der Waals surface area contributed by atoms with E-state index in [1.54, 1.807) is 12.0 Å². The molecule has 0 saturated heterocycles. The number of hydrogen-bond acceptors (Lipinski definition) is 4. The molecule has 2 amide bonds. The number of urea groups is 1. The molecule has 0 fully saturated rings. The molecule has 3 rings (SSSR count). The summed E-state index contributed by atoms with van der Waals surface area (Å²) in [6.45, 7) is 2.97. The maximum atomic E-state index is 13.2. The molecular weight excluding hydrogens is 390 g/mol. The molecule has 0 aromatic heterocycles. The van der Waals surface area contributed by atoms with Crippen molar-refractivity contribution >= 4 is 23.1 Å². The minimum Gasteiger partial charge on any atom is -0.497 e. The number of nitrogens with zero attached hydrogens (tertiary/aromatic N) is 2. The van der Waals surface area contributed by atoms with E-state index in [1.165, 1.54) is 0 Å². The van der Waals surface area contributed by atoms with Gasteiger partial charge in [-0.2, -0.15) is 0 Å². The van der Waals surface area contributed by atoms with Gasteiger partial charge >= 0.3 is 6.03 Å². The minimum absolute atomic E-state index is 0.217. The highest BCUT2D eigenvalue weighted by Crippen LogP contribution is 2.24. The smallest absolute Gasteiger partial charge is 0.326 e. The van der Waals surface area contributed by atoms with Gasteiger partial charge in [0.15, 0.2) is 0 Å². The first-order valence-corrected chi connectivity index (χ1v) is 10.2. The number of carbonyl (C=O) groups excluding carboxylic acids is 1. The van der Waals surface area contributed by atoms with Crippen LogP contribution in [0.2, 0.25) is 0 Å². The van der Waals surface area contributed by atoms with Crippen molar-refractivity contribution in [2.75, 3.05) is 42.9 Å². The number of carbonyl (C=O) groups is 1. The Morgan fingerprint density at radius 1 is 0.839 bits per heavy atom. The summed E-state index contributed by atoms with van der Waals surface area (Å²) >= 11 is 0. The number of amides is 2. The highest BCUT2D eigenvalue weighted by Gasteiger charge is 2.17. The Morgan fingerprint density at radius 2 is 1.42 bits per heavy atom. The lowest BCUT2D eigenvalue weighted by atomic mass is 10.1. The summed E-state index contributed by atoms with van der Waals surface area (Å²) in [4.78, 5) is 17.0. The molecule has 0 atom stereocenters. The quantitative estimate of drug-likeness (QED) is 0.531. The Hall–Kier alpha value is -3.67. The lowest BCUT2D eigenvalue weighted by Crippen LogP contribution is -2.34. The number of rotatable bonds is 8. The van der Waals surface area contributed by atoms with Gasteiger partial charge in [-0.1, -0.05) is 12.1 Å². The van der Waals surface area contributed by atoms with Gasteiger partial charge in [0.1, 0.15) is 11.5 Å². The van der Waals surface area contributed by atoms with Gasteiger partial charge in [0, 0.05) is 31.2 Å². The third-order valence-corrected chi connectivity index (χ3v) is 4.84. The fourth-order valence-electron chi connectivity index (χ4n) is 3.12. The largest absolute Gasteiger partial charge is 0.497 e. The van der Waals surface area contributed by atoms with Crippen LogP contribution in [0, 0.1) is 0 Å². The molecule has 3 aromatic rings. The van der Waals surface area contributed by atoms with Crippen molar-refractivity contribution in [1.82, 2.24) is 0 Å². The third-order valence-electron chi connectivity index (χ3n) is 4.84. The van der Waals surface area contributed by atoms with Crippen LogP contribution in [-0.2, 0) is 6.54 Å². The summed E-state index contributed by atoms with van der Waals surface area (Å²) in [6, 6.07) is 22.8.